The van der Waals surface area contributed by atoms with Crippen molar-refractivity contribution in [1.29, 1.82) is 0 Å². The molecule has 2 amide bonds. The molecule has 4 nitrogen and oxygen atoms in total. The normalized spacial score (nSPS) is 27.4. The number of nitrogens with zero attached hydrogens (tertiary/aromatic N) is 1. The molecule has 2 aliphatic rings. The van der Waals surface area contributed by atoms with Gasteiger partial charge in [0.25, 0.3) is 0 Å². The van der Waals surface area contributed by atoms with E-state index in [1.807, 2.05) is 23.6 Å². The predicted octanol–water partition coefficient (Wildman–Crippen LogP) is 1.40. The molecule has 18 heavy (non-hydrogen) atoms. The minimum Gasteiger partial charge on any atom is -0.345 e. The average molecular weight is 270 g/mol. The van der Waals surface area contributed by atoms with Crippen LogP contribution in [0.1, 0.15) is 39.0 Å². The fraction of sp³-hybridized carbons (Fsp3) is 0.846. The highest BCUT2D eigenvalue weighted by Crippen LogP contribution is 2.41. The quantitative estimate of drug-likeness (QED) is 0.840. The Morgan fingerprint density at radius 3 is 2.61 bits per heavy atom. The van der Waals surface area contributed by atoms with Crippen LogP contribution in [-0.4, -0.2) is 46.8 Å². The zero-order valence-electron chi connectivity index (χ0n) is 11.2. The summed E-state index contributed by atoms with van der Waals surface area (Å²) in [6.45, 7) is 2.87. The maximum absolute atomic E-state index is 12.1. The first-order valence-corrected chi connectivity index (χ1v) is 7.97. The van der Waals surface area contributed by atoms with Gasteiger partial charge in [0.2, 0.25) is 11.8 Å². The molecule has 0 aromatic rings. The summed E-state index contributed by atoms with van der Waals surface area (Å²) in [6, 6.07) is -0.268. The van der Waals surface area contributed by atoms with Crippen LogP contribution in [0, 0.1) is 0 Å². The number of piperazine rings is 1. The standard InChI is InChI=1S/C13H22N2O2S/c1-3-10-12(17)14-8-11(16)15(10)9-13(18-2)6-4-5-7-13/h10H,3-9H2,1-2H3,(H,14,17). The highest BCUT2D eigenvalue weighted by molar-refractivity contribution is 8.00. The minimum absolute atomic E-state index is 0.00588. The lowest BCUT2D eigenvalue weighted by Crippen LogP contribution is -2.60. The Balaban J connectivity index is 2.13. The average Bonchev–Trinajstić information content (AvgIpc) is 2.83. The molecule has 0 spiro atoms. The molecule has 1 saturated heterocycles. The number of nitrogens with one attached hydrogen (secondary N) is 1. The Labute approximate surface area is 113 Å². The first kappa shape index (κ1) is 13.7. The SMILES string of the molecule is CCC1C(=O)NCC(=O)N1CC1(SC)CCCC1. The lowest BCUT2D eigenvalue weighted by Gasteiger charge is -2.40. The molecule has 1 unspecified atom stereocenters. The first-order valence-electron chi connectivity index (χ1n) is 6.74. The summed E-state index contributed by atoms with van der Waals surface area (Å²) in [7, 11) is 0. The van der Waals surface area contributed by atoms with Gasteiger partial charge in [-0.05, 0) is 25.5 Å². The topological polar surface area (TPSA) is 49.4 Å². The fourth-order valence-corrected chi connectivity index (χ4v) is 4.02. The van der Waals surface area contributed by atoms with Crippen LogP contribution < -0.4 is 5.32 Å². The summed E-state index contributed by atoms with van der Waals surface area (Å²) in [4.78, 5) is 25.7. The van der Waals surface area contributed by atoms with E-state index in [4.69, 9.17) is 0 Å². The van der Waals surface area contributed by atoms with Crippen molar-refractivity contribution in [3.8, 4) is 0 Å². The third-order valence-corrected chi connectivity index (χ3v) is 5.61. The van der Waals surface area contributed by atoms with Crippen molar-refractivity contribution in [2.45, 2.75) is 49.8 Å². The van der Waals surface area contributed by atoms with Crippen molar-refractivity contribution in [2.75, 3.05) is 19.3 Å². The summed E-state index contributed by atoms with van der Waals surface area (Å²) in [5.74, 6) is 0.0770. The highest BCUT2D eigenvalue weighted by Gasteiger charge is 2.41. The molecular weight excluding hydrogens is 248 g/mol. The third kappa shape index (κ3) is 2.51. The van der Waals surface area contributed by atoms with E-state index < -0.39 is 0 Å². The summed E-state index contributed by atoms with van der Waals surface area (Å²) < 4.78 is 0.181. The van der Waals surface area contributed by atoms with E-state index in [1.165, 1.54) is 12.8 Å². The van der Waals surface area contributed by atoms with Crippen LogP contribution in [-0.2, 0) is 9.59 Å². The summed E-state index contributed by atoms with van der Waals surface area (Å²) in [5.41, 5.74) is 0. The molecule has 0 aromatic carbocycles. The Morgan fingerprint density at radius 1 is 1.39 bits per heavy atom. The Morgan fingerprint density at radius 2 is 2.06 bits per heavy atom. The third-order valence-electron chi connectivity index (χ3n) is 4.21. The molecule has 5 heteroatoms. The maximum atomic E-state index is 12.1. The zero-order chi connectivity index (χ0) is 13.2. The van der Waals surface area contributed by atoms with Gasteiger partial charge in [0.15, 0.2) is 0 Å². The van der Waals surface area contributed by atoms with Gasteiger partial charge in [-0.25, -0.2) is 0 Å². The van der Waals surface area contributed by atoms with E-state index in [1.54, 1.807) is 0 Å². The Hall–Kier alpha value is -0.710. The van der Waals surface area contributed by atoms with Gasteiger partial charge in [-0.1, -0.05) is 19.8 Å². The van der Waals surface area contributed by atoms with E-state index in [0.717, 1.165) is 19.4 Å². The second-order valence-corrected chi connectivity index (χ2v) is 6.53. The lowest BCUT2D eigenvalue weighted by atomic mass is 10.0. The molecule has 2 fully saturated rings. The van der Waals surface area contributed by atoms with Crippen LogP contribution >= 0.6 is 11.8 Å². The van der Waals surface area contributed by atoms with Gasteiger partial charge >= 0.3 is 0 Å². The molecule has 1 heterocycles. The molecule has 1 atom stereocenters. The van der Waals surface area contributed by atoms with E-state index in [2.05, 4.69) is 11.6 Å². The van der Waals surface area contributed by atoms with Gasteiger partial charge in [-0.15, -0.1) is 0 Å². The second kappa shape index (κ2) is 5.51. The van der Waals surface area contributed by atoms with Gasteiger partial charge in [0.1, 0.15) is 6.04 Å². The summed E-state index contributed by atoms with van der Waals surface area (Å²) in [5, 5.41) is 2.68. The summed E-state index contributed by atoms with van der Waals surface area (Å²) >= 11 is 1.86. The van der Waals surface area contributed by atoms with E-state index >= 15 is 0 Å². The molecule has 2 rings (SSSR count). The molecule has 102 valence electrons. The van der Waals surface area contributed by atoms with Crippen LogP contribution in [0.15, 0.2) is 0 Å². The van der Waals surface area contributed by atoms with Crippen molar-refractivity contribution in [3.05, 3.63) is 0 Å². The zero-order valence-corrected chi connectivity index (χ0v) is 12.0. The number of carbonyl (C=O) groups excluding carboxylic acids is 2. The second-order valence-electron chi connectivity index (χ2n) is 5.26. The van der Waals surface area contributed by atoms with Crippen molar-refractivity contribution >= 4 is 23.6 Å². The smallest absolute Gasteiger partial charge is 0.243 e. The predicted molar refractivity (Wildman–Crippen MR) is 73.5 cm³/mol. The Kier molecular flexibility index (Phi) is 4.20. The van der Waals surface area contributed by atoms with Gasteiger partial charge in [-0.3, -0.25) is 9.59 Å². The molecule has 0 bridgehead atoms. The Bertz CT molecular complexity index is 340. The number of rotatable bonds is 4. The van der Waals surface area contributed by atoms with Crippen LogP contribution in [0.5, 0.6) is 0 Å². The van der Waals surface area contributed by atoms with Crippen molar-refractivity contribution < 1.29 is 9.59 Å². The van der Waals surface area contributed by atoms with Crippen LogP contribution in [0.2, 0.25) is 0 Å². The van der Waals surface area contributed by atoms with Crippen LogP contribution in [0.3, 0.4) is 0 Å². The number of carbonyl (C=O) groups is 2. The van der Waals surface area contributed by atoms with Gasteiger partial charge in [-0.2, -0.15) is 11.8 Å². The van der Waals surface area contributed by atoms with Crippen molar-refractivity contribution in [1.82, 2.24) is 10.2 Å². The first-order chi connectivity index (χ1) is 8.62. The summed E-state index contributed by atoms with van der Waals surface area (Å²) in [6.07, 6.45) is 7.63. The van der Waals surface area contributed by atoms with Crippen LogP contribution in [0.25, 0.3) is 0 Å². The molecule has 1 aliphatic carbocycles. The largest absolute Gasteiger partial charge is 0.345 e. The maximum Gasteiger partial charge on any atom is 0.243 e. The van der Waals surface area contributed by atoms with Gasteiger partial charge in [0.05, 0.1) is 6.54 Å². The molecular formula is C13H22N2O2S. The molecule has 0 aromatic heterocycles. The van der Waals surface area contributed by atoms with E-state index in [9.17, 15) is 9.59 Å². The van der Waals surface area contributed by atoms with Crippen molar-refractivity contribution in [3.63, 3.8) is 0 Å². The van der Waals surface area contributed by atoms with Gasteiger partial charge in [0, 0.05) is 11.3 Å². The number of hydrogen-bond donors (Lipinski definition) is 1. The van der Waals surface area contributed by atoms with Gasteiger partial charge < -0.3 is 10.2 Å². The van der Waals surface area contributed by atoms with Crippen LogP contribution in [0.4, 0.5) is 0 Å². The highest BCUT2D eigenvalue weighted by atomic mass is 32.2. The molecule has 1 N–H and O–H groups in total. The van der Waals surface area contributed by atoms with E-state index in [0.29, 0.717) is 6.42 Å². The number of hydrogen-bond acceptors (Lipinski definition) is 3. The number of thioether (sulfide) groups is 1. The number of amides is 2. The minimum atomic E-state index is -0.268. The van der Waals surface area contributed by atoms with E-state index in [-0.39, 0.29) is 29.1 Å². The fourth-order valence-electron chi connectivity index (χ4n) is 3.06. The molecule has 0 radical (unpaired) electrons. The monoisotopic (exact) mass is 270 g/mol. The lowest BCUT2D eigenvalue weighted by molar-refractivity contribution is -0.146. The molecule has 1 aliphatic heterocycles. The molecule has 1 saturated carbocycles. The van der Waals surface area contributed by atoms with Crippen molar-refractivity contribution in [2.24, 2.45) is 0 Å².